The molecule has 0 radical (unpaired) electrons. The Kier molecular flexibility index (Phi) is 4.82. The zero-order valence-electron chi connectivity index (χ0n) is 14.8. The summed E-state index contributed by atoms with van der Waals surface area (Å²) in [4.78, 5) is 3.76. The lowest BCUT2D eigenvalue weighted by molar-refractivity contribution is -0.137. The minimum atomic E-state index is -4.40. The van der Waals surface area contributed by atoms with Crippen molar-refractivity contribution in [3.8, 4) is 11.6 Å². The van der Waals surface area contributed by atoms with Gasteiger partial charge in [-0.25, -0.2) is 4.98 Å². The first kappa shape index (κ1) is 18.3. The van der Waals surface area contributed by atoms with Gasteiger partial charge in [-0.2, -0.15) is 13.2 Å². The lowest BCUT2D eigenvalue weighted by Crippen LogP contribution is -2.41. The Morgan fingerprint density at radius 1 is 1.15 bits per heavy atom. The van der Waals surface area contributed by atoms with Gasteiger partial charge in [0.05, 0.1) is 17.8 Å². The molecule has 0 aliphatic carbocycles. The first-order valence-corrected chi connectivity index (χ1v) is 9.09. The number of alkyl halides is 3. The molecule has 3 heterocycles. The van der Waals surface area contributed by atoms with Crippen LogP contribution in [-0.4, -0.2) is 30.3 Å². The summed E-state index contributed by atoms with van der Waals surface area (Å²) in [7, 11) is 0. The van der Waals surface area contributed by atoms with Gasteiger partial charge >= 0.3 is 6.18 Å². The van der Waals surface area contributed by atoms with Crippen molar-refractivity contribution in [2.75, 3.05) is 19.7 Å². The molecule has 0 bridgehead atoms. The van der Waals surface area contributed by atoms with Crippen molar-refractivity contribution in [2.24, 2.45) is 0 Å². The second-order valence-electron chi connectivity index (χ2n) is 7.20. The average molecular weight is 378 g/mol. The van der Waals surface area contributed by atoms with Crippen molar-refractivity contribution in [1.29, 1.82) is 0 Å². The molecule has 2 aliphatic rings. The number of hydrogen-bond acceptors (Lipinski definition) is 4. The van der Waals surface area contributed by atoms with E-state index in [2.05, 4.69) is 10.3 Å². The van der Waals surface area contributed by atoms with Gasteiger partial charge < -0.3 is 14.8 Å². The van der Waals surface area contributed by atoms with Crippen molar-refractivity contribution < 1.29 is 22.6 Å². The highest BCUT2D eigenvalue weighted by Crippen LogP contribution is 2.42. The van der Waals surface area contributed by atoms with Gasteiger partial charge in [0.2, 0.25) is 5.88 Å². The standard InChI is InChI=1S/C20H21F3N2O2/c21-20(22,23)16-4-5-18(25-12-16)27-17-3-1-2-14(10-17)15-11-19(26-13-15)6-8-24-9-7-19/h1-5,10,12,15,24H,6-9,11,13H2. The number of halogens is 3. The summed E-state index contributed by atoms with van der Waals surface area (Å²) in [6.07, 6.45) is -0.593. The Hall–Kier alpha value is -2.12. The molecule has 1 unspecified atom stereocenters. The van der Waals surface area contributed by atoms with Crippen LogP contribution in [0.4, 0.5) is 13.2 Å². The Morgan fingerprint density at radius 3 is 2.67 bits per heavy atom. The van der Waals surface area contributed by atoms with Gasteiger partial charge in [-0.15, -0.1) is 0 Å². The highest BCUT2D eigenvalue weighted by atomic mass is 19.4. The van der Waals surface area contributed by atoms with E-state index in [9.17, 15) is 13.2 Å². The molecule has 1 N–H and O–H groups in total. The molecule has 2 fully saturated rings. The van der Waals surface area contributed by atoms with Crippen LogP contribution in [0.25, 0.3) is 0 Å². The third-order valence-electron chi connectivity index (χ3n) is 5.34. The molecule has 2 aromatic rings. The molecule has 144 valence electrons. The summed E-state index contributed by atoms with van der Waals surface area (Å²) in [5, 5.41) is 3.36. The first-order chi connectivity index (χ1) is 12.9. The molecule has 1 aromatic heterocycles. The van der Waals surface area contributed by atoms with Crippen molar-refractivity contribution in [3.05, 3.63) is 53.7 Å². The van der Waals surface area contributed by atoms with Crippen LogP contribution < -0.4 is 10.1 Å². The maximum Gasteiger partial charge on any atom is 0.417 e. The van der Waals surface area contributed by atoms with E-state index in [1.807, 2.05) is 18.2 Å². The molecule has 7 heteroatoms. The Balaban J connectivity index is 1.45. The molecular weight excluding hydrogens is 357 g/mol. The zero-order valence-corrected chi connectivity index (χ0v) is 14.8. The van der Waals surface area contributed by atoms with Crippen LogP contribution >= 0.6 is 0 Å². The maximum absolute atomic E-state index is 12.6. The third-order valence-corrected chi connectivity index (χ3v) is 5.34. The van der Waals surface area contributed by atoms with Crippen LogP contribution in [0.3, 0.4) is 0 Å². The van der Waals surface area contributed by atoms with Gasteiger partial charge in [-0.1, -0.05) is 12.1 Å². The average Bonchev–Trinajstić information content (AvgIpc) is 3.06. The largest absolute Gasteiger partial charge is 0.439 e. The first-order valence-electron chi connectivity index (χ1n) is 9.09. The summed E-state index contributed by atoms with van der Waals surface area (Å²) in [6, 6.07) is 9.84. The normalized spacial score (nSPS) is 22.1. The number of piperidine rings is 1. The number of benzene rings is 1. The number of aromatic nitrogens is 1. The van der Waals surface area contributed by atoms with Crippen molar-refractivity contribution in [3.63, 3.8) is 0 Å². The summed E-state index contributed by atoms with van der Waals surface area (Å²) in [5.74, 6) is 0.996. The van der Waals surface area contributed by atoms with Gasteiger partial charge in [-0.05, 0) is 56.1 Å². The number of ether oxygens (including phenoxy) is 2. The summed E-state index contributed by atoms with van der Waals surface area (Å²) < 4.78 is 49.7. The monoisotopic (exact) mass is 378 g/mol. The predicted octanol–water partition coefficient (Wildman–Crippen LogP) is 4.52. The van der Waals surface area contributed by atoms with E-state index in [0.29, 0.717) is 18.3 Å². The molecule has 0 amide bonds. The second-order valence-corrected chi connectivity index (χ2v) is 7.20. The van der Waals surface area contributed by atoms with Crippen molar-refractivity contribution in [1.82, 2.24) is 10.3 Å². The third kappa shape index (κ3) is 4.09. The van der Waals surface area contributed by atoms with Crippen molar-refractivity contribution >= 4 is 0 Å². The molecule has 2 saturated heterocycles. The minimum Gasteiger partial charge on any atom is -0.439 e. The number of nitrogens with one attached hydrogen (secondary N) is 1. The van der Waals surface area contributed by atoms with E-state index in [0.717, 1.165) is 50.2 Å². The number of hydrogen-bond donors (Lipinski definition) is 1. The molecule has 4 rings (SSSR count). The molecule has 1 atom stereocenters. The van der Waals surface area contributed by atoms with Gasteiger partial charge in [0.15, 0.2) is 0 Å². The van der Waals surface area contributed by atoms with Gasteiger partial charge in [0, 0.05) is 18.2 Å². The fraction of sp³-hybridized carbons (Fsp3) is 0.450. The van der Waals surface area contributed by atoms with Gasteiger partial charge in [0.25, 0.3) is 0 Å². The summed E-state index contributed by atoms with van der Waals surface area (Å²) in [6.45, 7) is 2.65. The Labute approximate surface area is 155 Å². The van der Waals surface area contributed by atoms with E-state index < -0.39 is 11.7 Å². The molecule has 27 heavy (non-hydrogen) atoms. The number of pyridine rings is 1. The van der Waals surface area contributed by atoms with E-state index in [1.54, 1.807) is 6.07 Å². The van der Waals surface area contributed by atoms with Gasteiger partial charge in [-0.3, -0.25) is 0 Å². The Bertz CT molecular complexity index is 787. The number of rotatable bonds is 3. The van der Waals surface area contributed by atoms with Gasteiger partial charge in [0.1, 0.15) is 5.75 Å². The molecule has 1 aromatic carbocycles. The second kappa shape index (κ2) is 7.13. The van der Waals surface area contributed by atoms with E-state index in [-0.39, 0.29) is 11.5 Å². The van der Waals surface area contributed by atoms with Crippen LogP contribution in [0.15, 0.2) is 42.6 Å². The highest BCUT2D eigenvalue weighted by Gasteiger charge is 2.41. The zero-order chi connectivity index (χ0) is 18.9. The minimum absolute atomic E-state index is 0.0260. The SMILES string of the molecule is FC(F)(F)c1ccc(Oc2cccc(C3COC4(CCNCC4)C3)c2)nc1. The van der Waals surface area contributed by atoms with E-state index in [1.165, 1.54) is 6.07 Å². The lowest BCUT2D eigenvalue weighted by Gasteiger charge is -2.33. The number of nitrogens with zero attached hydrogens (tertiary/aromatic N) is 1. The van der Waals surface area contributed by atoms with Crippen LogP contribution in [0.1, 0.15) is 36.3 Å². The summed E-state index contributed by atoms with van der Waals surface area (Å²) >= 11 is 0. The van der Waals surface area contributed by atoms with Crippen LogP contribution in [-0.2, 0) is 10.9 Å². The fourth-order valence-corrected chi connectivity index (χ4v) is 3.85. The maximum atomic E-state index is 12.6. The lowest BCUT2D eigenvalue weighted by atomic mass is 9.84. The Morgan fingerprint density at radius 2 is 1.96 bits per heavy atom. The van der Waals surface area contributed by atoms with Crippen LogP contribution in [0.5, 0.6) is 11.6 Å². The molecule has 0 saturated carbocycles. The highest BCUT2D eigenvalue weighted by molar-refractivity contribution is 5.34. The molecule has 4 nitrogen and oxygen atoms in total. The topological polar surface area (TPSA) is 43.4 Å². The van der Waals surface area contributed by atoms with E-state index in [4.69, 9.17) is 9.47 Å². The van der Waals surface area contributed by atoms with Crippen LogP contribution in [0.2, 0.25) is 0 Å². The van der Waals surface area contributed by atoms with Crippen LogP contribution in [0, 0.1) is 0 Å². The quantitative estimate of drug-likeness (QED) is 0.853. The smallest absolute Gasteiger partial charge is 0.417 e. The fourth-order valence-electron chi connectivity index (χ4n) is 3.85. The van der Waals surface area contributed by atoms with Crippen molar-refractivity contribution in [2.45, 2.75) is 37.0 Å². The molecule has 2 aliphatic heterocycles. The van der Waals surface area contributed by atoms with E-state index >= 15 is 0 Å². The molecule has 1 spiro atoms. The predicted molar refractivity (Wildman–Crippen MR) is 93.9 cm³/mol. The summed E-state index contributed by atoms with van der Waals surface area (Å²) in [5.41, 5.74) is 0.302. The molecular formula is C20H21F3N2O2.